The Kier molecular flexibility index (Phi) is 9.18. The van der Waals surface area contributed by atoms with Crippen LogP contribution in [0.25, 0.3) is 0 Å². The molecule has 0 saturated carbocycles. The van der Waals surface area contributed by atoms with E-state index in [9.17, 15) is 0 Å². The third-order valence-corrected chi connectivity index (χ3v) is 4.26. The minimum atomic E-state index is -0.0878. The summed E-state index contributed by atoms with van der Waals surface area (Å²) in [6.45, 7) is 1.47. The monoisotopic (exact) mass is 417 g/mol. The number of hydroxylamine groups is 2. The number of nitriles is 1. The maximum absolute atomic E-state index is 8.62. The first-order valence-corrected chi connectivity index (χ1v) is 9.12. The first-order chi connectivity index (χ1) is 14.6. The molecule has 9 heteroatoms. The Bertz CT molecular complexity index is 855. The molecule has 2 N–H and O–H groups in total. The minimum Gasteiger partial charge on any atom is -0.493 e. The number of nitrogens with two attached hydrogens (primary N) is 1. The van der Waals surface area contributed by atoms with Crippen LogP contribution in [0.2, 0.25) is 0 Å². The molecule has 2 aromatic carbocycles. The summed E-state index contributed by atoms with van der Waals surface area (Å²) in [5.41, 5.74) is 1.92. The SMILES string of the molecule is COc1ccc(CON)cc1OC.COc1ccc(CON2CC2C#N)cc1OC. The Balaban J connectivity index is 0.000000222. The van der Waals surface area contributed by atoms with E-state index in [0.29, 0.717) is 42.8 Å². The molecule has 30 heavy (non-hydrogen) atoms. The summed E-state index contributed by atoms with van der Waals surface area (Å²) in [5.74, 6) is 7.70. The Hall–Kier alpha value is -3.03. The quantitative estimate of drug-likeness (QED) is 0.486. The van der Waals surface area contributed by atoms with Gasteiger partial charge in [0.25, 0.3) is 0 Å². The largest absolute Gasteiger partial charge is 0.493 e. The second-order valence-corrected chi connectivity index (χ2v) is 6.21. The second-order valence-electron chi connectivity index (χ2n) is 6.21. The molecule has 1 aliphatic rings. The van der Waals surface area contributed by atoms with Crippen LogP contribution in [0.4, 0.5) is 0 Å². The van der Waals surface area contributed by atoms with E-state index in [1.54, 1.807) is 33.5 Å². The molecule has 0 aliphatic carbocycles. The molecule has 0 spiro atoms. The summed E-state index contributed by atoms with van der Waals surface area (Å²) in [6, 6.07) is 13.2. The molecular formula is C21H27N3O6. The Labute approximate surface area is 176 Å². The lowest BCUT2D eigenvalue weighted by atomic mass is 10.2. The first-order valence-electron chi connectivity index (χ1n) is 9.12. The van der Waals surface area contributed by atoms with Crippen LogP contribution in [0.1, 0.15) is 11.1 Å². The Morgan fingerprint density at radius 1 is 0.867 bits per heavy atom. The summed E-state index contributed by atoms with van der Waals surface area (Å²) in [4.78, 5) is 9.93. The molecule has 2 atom stereocenters. The highest BCUT2D eigenvalue weighted by Gasteiger charge is 2.35. The Morgan fingerprint density at radius 2 is 1.37 bits per heavy atom. The van der Waals surface area contributed by atoms with E-state index in [4.69, 9.17) is 34.9 Å². The molecule has 162 valence electrons. The minimum absolute atomic E-state index is 0.0878. The van der Waals surface area contributed by atoms with Crippen molar-refractivity contribution >= 4 is 0 Å². The van der Waals surface area contributed by atoms with Crippen LogP contribution in [0.15, 0.2) is 36.4 Å². The van der Waals surface area contributed by atoms with Gasteiger partial charge in [0.2, 0.25) is 0 Å². The molecule has 1 aliphatic heterocycles. The van der Waals surface area contributed by atoms with Gasteiger partial charge in [-0.2, -0.15) is 10.3 Å². The fourth-order valence-electron chi connectivity index (χ4n) is 2.57. The fourth-order valence-corrected chi connectivity index (χ4v) is 2.57. The second kappa shape index (κ2) is 11.8. The van der Waals surface area contributed by atoms with E-state index in [0.717, 1.165) is 11.1 Å². The van der Waals surface area contributed by atoms with Crippen LogP contribution in [-0.2, 0) is 22.9 Å². The average molecular weight is 417 g/mol. The van der Waals surface area contributed by atoms with Crippen molar-refractivity contribution in [1.29, 1.82) is 5.26 Å². The summed E-state index contributed by atoms with van der Waals surface area (Å²) in [6.07, 6.45) is 0. The molecule has 2 aromatic rings. The van der Waals surface area contributed by atoms with Gasteiger partial charge >= 0.3 is 0 Å². The van der Waals surface area contributed by atoms with Gasteiger partial charge in [0.05, 0.1) is 54.3 Å². The highest BCUT2D eigenvalue weighted by atomic mass is 16.7. The van der Waals surface area contributed by atoms with E-state index in [1.807, 2.05) is 36.4 Å². The van der Waals surface area contributed by atoms with Gasteiger partial charge in [-0.3, -0.25) is 9.68 Å². The number of hydrogen-bond acceptors (Lipinski definition) is 9. The molecule has 1 fully saturated rings. The number of hydrogen-bond donors (Lipinski definition) is 1. The van der Waals surface area contributed by atoms with Gasteiger partial charge in [0, 0.05) is 0 Å². The van der Waals surface area contributed by atoms with Gasteiger partial charge in [-0.1, -0.05) is 12.1 Å². The molecule has 2 unspecified atom stereocenters. The van der Waals surface area contributed by atoms with Crippen LogP contribution in [0, 0.1) is 11.3 Å². The van der Waals surface area contributed by atoms with Crippen LogP contribution in [0.5, 0.6) is 23.0 Å². The van der Waals surface area contributed by atoms with Gasteiger partial charge in [0.1, 0.15) is 6.04 Å². The average Bonchev–Trinajstić information content (AvgIpc) is 3.56. The zero-order chi connectivity index (χ0) is 21.9. The molecule has 3 rings (SSSR count). The van der Waals surface area contributed by atoms with E-state index >= 15 is 0 Å². The standard InChI is InChI=1S/C12H14N2O3.C9H13NO3/c1-15-11-4-3-9(5-12(11)16-2)8-17-14-7-10(14)6-13;1-11-8-4-3-7(6-13-10)5-9(8)12-2/h3-5,10H,7-8H2,1-2H3;3-5H,6,10H2,1-2H3. The predicted molar refractivity (Wildman–Crippen MR) is 109 cm³/mol. The third-order valence-electron chi connectivity index (χ3n) is 4.26. The summed E-state index contributed by atoms with van der Waals surface area (Å²) in [5, 5.41) is 10.3. The lowest BCUT2D eigenvalue weighted by molar-refractivity contribution is -0.0827. The van der Waals surface area contributed by atoms with Gasteiger partial charge in [-0.05, 0) is 35.4 Å². The number of rotatable bonds is 9. The third kappa shape index (κ3) is 6.50. The number of nitrogens with zero attached hydrogens (tertiary/aromatic N) is 2. The lowest BCUT2D eigenvalue weighted by Crippen LogP contribution is -2.03. The van der Waals surface area contributed by atoms with E-state index in [1.165, 1.54) is 0 Å². The summed E-state index contributed by atoms with van der Waals surface area (Å²) >= 11 is 0. The smallest absolute Gasteiger partial charge is 0.161 e. The number of methoxy groups -OCH3 is 4. The van der Waals surface area contributed by atoms with Gasteiger partial charge in [-0.15, -0.1) is 0 Å². The first kappa shape index (κ1) is 23.3. The summed E-state index contributed by atoms with van der Waals surface area (Å²) in [7, 11) is 6.38. The number of benzene rings is 2. The van der Waals surface area contributed by atoms with Crippen LogP contribution < -0.4 is 24.8 Å². The maximum atomic E-state index is 8.62. The Morgan fingerprint density at radius 3 is 1.77 bits per heavy atom. The zero-order valence-electron chi connectivity index (χ0n) is 17.6. The van der Waals surface area contributed by atoms with E-state index < -0.39 is 0 Å². The van der Waals surface area contributed by atoms with Gasteiger partial charge in [0.15, 0.2) is 23.0 Å². The van der Waals surface area contributed by atoms with Gasteiger partial charge < -0.3 is 18.9 Å². The molecule has 1 saturated heterocycles. The zero-order valence-corrected chi connectivity index (χ0v) is 17.6. The van der Waals surface area contributed by atoms with Crippen molar-refractivity contribution in [3.63, 3.8) is 0 Å². The van der Waals surface area contributed by atoms with E-state index in [-0.39, 0.29) is 6.04 Å². The molecule has 9 nitrogen and oxygen atoms in total. The molecular weight excluding hydrogens is 390 g/mol. The van der Waals surface area contributed by atoms with Gasteiger partial charge in [-0.25, -0.2) is 5.90 Å². The molecule has 0 amide bonds. The van der Waals surface area contributed by atoms with Crippen molar-refractivity contribution < 1.29 is 28.6 Å². The fraction of sp³-hybridized carbons (Fsp3) is 0.381. The molecule has 0 bridgehead atoms. The van der Waals surface area contributed by atoms with Crippen molar-refractivity contribution in [3.8, 4) is 29.1 Å². The molecule has 1 heterocycles. The maximum Gasteiger partial charge on any atom is 0.161 e. The molecule has 0 radical (unpaired) electrons. The summed E-state index contributed by atoms with van der Waals surface area (Å²) < 4.78 is 20.5. The highest BCUT2D eigenvalue weighted by Crippen LogP contribution is 2.29. The molecule has 0 aromatic heterocycles. The van der Waals surface area contributed by atoms with Crippen molar-refractivity contribution in [2.24, 2.45) is 5.90 Å². The van der Waals surface area contributed by atoms with Crippen molar-refractivity contribution in [2.45, 2.75) is 19.3 Å². The highest BCUT2D eigenvalue weighted by molar-refractivity contribution is 5.43. The van der Waals surface area contributed by atoms with Crippen LogP contribution in [-0.4, -0.2) is 46.1 Å². The van der Waals surface area contributed by atoms with Crippen LogP contribution >= 0.6 is 0 Å². The lowest BCUT2D eigenvalue weighted by Gasteiger charge is -2.09. The number of ether oxygens (including phenoxy) is 4. The normalized spacial score (nSPS) is 16.5. The van der Waals surface area contributed by atoms with Crippen molar-refractivity contribution in [2.75, 3.05) is 35.0 Å². The topological polar surface area (TPSA) is 108 Å². The van der Waals surface area contributed by atoms with Crippen molar-refractivity contribution in [3.05, 3.63) is 47.5 Å². The van der Waals surface area contributed by atoms with E-state index in [2.05, 4.69) is 10.9 Å². The van der Waals surface area contributed by atoms with Crippen LogP contribution in [0.3, 0.4) is 0 Å². The van der Waals surface area contributed by atoms with Crippen molar-refractivity contribution in [1.82, 2.24) is 5.06 Å². The predicted octanol–water partition coefficient (Wildman–Crippen LogP) is 2.44.